The summed E-state index contributed by atoms with van der Waals surface area (Å²) < 4.78 is 0. The van der Waals surface area contributed by atoms with Gasteiger partial charge in [-0.3, -0.25) is 9.89 Å². The van der Waals surface area contributed by atoms with Crippen molar-refractivity contribution in [2.45, 2.75) is 38.8 Å². The van der Waals surface area contributed by atoms with Crippen LogP contribution in [0.1, 0.15) is 43.1 Å². The summed E-state index contributed by atoms with van der Waals surface area (Å²) in [6.45, 7) is 5.02. The lowest BCUT2D eigenvalue weighted by atomic mass is 10.2. The van der Waals surface area contributed by atoms with Gasteiger partial charge in [-0.05, 0) is 6.92 Å². The summed E-state index contributed by atoms with van der Waals surface area (Å²) in [4.78, 5) is 26.4. The minimum Gasteiger partial charge on any atom is -0.480 e. The Labute approximate surface area is 103 Å². The van der Waals surface area contributed by atoms with Gasteiger partial charge in [0.15, 0.2) is 6.04 Å². The van der Waals surface area contributed by atoms with E-state index in [1.54, 1.807) is 0 Å². The van der Waals surface area contributed by atoms with Crippen molar-refractivity contribution in [2.75, 3.05) is 0 Å². The first-order chi connectivity index (χ1) is 8.32. The molecule has 0 bridgehead atoms. The summed E-state index contributed by atoms with van der Waals surface area (Å²) in [7, 11) is 0. The van der Waals surface area contributed by atoms with Crippen LogP contribution in [0.25, 0.3) is 0 Å². The second-order valence-corrected chi connectivity index (χ2v) is 4.23. The number of nitrogens with zero attached hydrogens (tertiary/aromatic N) is 2. The fraction of sp³-hybridized carbons (Fsp3) is 0.600. The quantitative estimate of drug-likeness (QED) is 0.561. The molecule has 0 aliphatic rings. The number of aromatic amines is 1. The molecule has 1 aromatic heterocycles. The Hall–Kier alpha value is -1.96. The van der Waals surface area contributed by atoms with E-state index in [1.165, 1.54) is 6.92 Å². The van der Waals surface area contributed by atoms with Crippen LogP contribution in [-0.4, -0.2) is 49.4 Å². The summed E-state index contributed by atoms with van der Waals surface area (Å²) >= 11 is 0. The lowest BCUT2D eigenvalue weighted by molar-refractivity contribution is -0.141. The van der Waals surface area contributed by atoms with E-state index in [0.29, 0.717) is 5.82 Å². The first-order valence-corrected chi connectivity index (χ1v) is 5.47. The van der Waals surface area contributed by atoms with Gasteiger partial charge in [-0.1, -0.05) is 13.8 Å². The topological polar surface area (TPSA) is 128 Å². The van der Waals surface area contributed by atoms with Crippen LogP contribution in [0.2, 0.25) is 0 Å². The Balaban J connectivity index is 2.77. The van der Waals surface area contributed by atoms with E-state index in [0.717, 1.165) is 0 Å². The minimum absolute atomic E-state index is 0.0751. The molecule has 0 saturated heterocycles. The fourth-order valence-electron chi connectivity index (χ4n) is 1.23. The summed E-state index contributed by atoms with van der Waals surface area (Å²) in [5.41, 5.74) is 0. The Kier molecular flexibility index (Phi) is 4.38. The monoisotopic (exact) mass is 256 g/mol. The SMILES string of the molecule is CC(C)c1nc(C(=O)N[C@H](C(=O)O)[C@@H](C)O)n[nH]1. The predicted molar refractivity (Wildman–Crippen MR) is 61.0 cm³/mol. The van der Waals surface area contributed by atoms with Gasteiger partial charge >= 0.3 is 5.97 Å². The third-order valence-electron chi connectivity index (χ3n) is 2.29. The molecule has 0 aliphatic carbocycles. The number of aliphatic hydroxyl groups excluding tert-OH is 1. The van der Waals surface area contributed by atoms with Crippen LogP contribution in [-0.2, 0) is 4.79 Å². The minimum atomic E-state index is -1.39. The summed E-state index contributed by atoms with van der Waals surface area (Å²) in [6, 6.07) is -1.39. The van der Waals surface area contributed by atoms with E-state index in [1.807, 2.05) is 13.8 Å². The van der Waals surface area contributed by atoms with Crippen LogP contribution in [0.4, 0.5) is 0 Å². The Morgan fingerprint density at radius 2 is 1.94 bits per heavy atom. The number of carboxylic acid groups (broad SMARTS) is 1. The van der Waals surface area contributed by atoms with Gasteiger partial charge in [0.1, 0.15) is 5.82 Å². The maximum atomic E-state index is 11.7. The highest BCUT2D eigenvalue weighted by atomic mass is 16.4. The highest BCUT2D eigenvalue weighted by Gasteiger charge is 2.27. The molecule has 0 spiro atoms. The molecule has 2 atom stereocenters. The molecule has 4 N–H and O–H groups in total. The molecular formula is C10H16N4O4. The molecule has 8 nitrogen and oxygen atoms in total. The average Bonchev–Trinajstić information content (AvgIpc) is 2.73. The molecule has 100 valence electrons. The summed E-state index contributed by atoms with van der Waals surface area (Å²) in [6.07, 6.45) is -1.21. The van der Waals surface area contributed by atoms with Crippen molar-refractivity contribution in [3.8, 4) is 0 Å². The van der Waals surface area contributed by atoms with Crippen LogP contribution < -0.4 is 5.32 Å². The number of hydrogen-bond donors (Lipinski definition) is 4. The van der Waals surface area contributed by atoms with Crippen molar-refractivity contribution in [1.82, 2.24) is 20.5 Å². The van der Waals surface area contributed by atoms with Crippen molar-refractivity contribution in [2.24, 2.45) is 0 Å². The second-order valence-electron chi connectivity index (χ2n) is 4.23. The smallest absolute Gasteiger partial charge is 0.328 e. The molecule has 0 fully saturated rings. The van der Waals surface area contributed by atoms with E-state index in [2.05, 4.69) is 20.5 Å². The van der Waals surface area contributed by atoms with E-state index in [4.69, 9.17) is 5.11 Å². The van der Waals surface area contributed by atoms with E-state index < -0.39 is 24.0 Å². The van der Waals surface area contributed by atoms with Gasteiger partial charge in [-0.2, -0.15) is 0 Å². The lowest BCUT2D eigenvalue weighted by Crippen LogP contribution is -2.47. The number of carbonyl (C=O) groups is 2. The molecule has 0 aromatic carbocycles. The van der Waals surface area contributed by atoms with E-state index in [-0.39, 0.29) is 11.7 Å². The van der Waals surface area contributed by atoms with Gasteiger partial charge < -0.3 is 15.5 Å². The van der Waals surface area contributed by atoms with Crippen molar-refractivity contribution in [1.29, 1.82) is 0 Å². The molecule has 1 rings (SSSR count). The number of rotatable bonds is 5. The van der Waals surface area contributed by atoms with E-state index >= 15 is 0 Å². The third kappa shape index (κ3) is 3.27. The largest absolute Gasteiger partial charge is 0.480 e. The molecule has 0 radical (unpaired) electrons. The zero-order valence-corrected chi connectivity index (χ0v) is 10.3. The van der Waals surface area contributed by atoms with Crippen LogP contribution in [0, 0.1) is 0 Å². The van der Waals surface area contributed by atoms with Gasteiger partial charge in [-0.15, -0.1) is 5.10 Å². The Morgan fingerprint density at radius 1 is 1.33 bits per heavy atom. The van der Waals surface area contributed by atoms with Gasteiger partial charge in [0.05, 0.1) is 6.10 Å². The number of carbonyl (C=O) groups excluding carboxylic acids is 1. The van der Waals surface area contributed by atoms with Gasteiger partial charge in [0.25, 0.3) is 5.91 Å². The van der Waals surface area contributed by atoms with Crippen LogP contribution in [0.15, 0.2) is 0 Å². The first kappa shape index (κ1) is 14.1. The maximum absolute atomic E-state index is 11.7. The number of amides is 1. The highest BCUT2D eigenvalue weighted by Crippen LogP contribution is 2.07. The zero-order chi connectivity index (χ0) is 13.9. The summed E-state index contributed by atoms with van der Waals surface area (Å²) in [5, 5.41) is 26.5. The highest BCUT2D eigenvalue weighted by molar-refractivity contribution is 5.93. The normalized spacial score (nSPS) is 14.3. The molecule has 1 heterocycles. The number of aromatic nitrogens is 3. The van der Waals surface area contributed by atoms with Crippen molar-refractivity contribution >= 4 is 11.9 Å². The second kappa shape index (κ2) is 5.58. The lowest BCUT2D eigenvalue weighted by Gasteiger charge is -2.15. The Morgan fingerprint density at radius 3 is 2.33 bits per heavy atom. The third-order valence-corrected chi connectivity index (χ3v) is 2.29. The van der Waals surface area contributed by atoms with Crippen LogP contribution in [0.5, 0.6) is 0 Å². The van der Waals surface area contributed by atoms with Crippen LogP contribution in [0.3, 0.4) is 0 Å². The number of carboxylic acids is 1. The first-order valence-electron chi connectivity index (χ1n) is 5.47. The van der Waals surface area contributed by atoms with Gasteiger partial charge in [0, 0.05) is 5.92 Å². The van der Waals surface area contributed by atoms with Crippen molar-refractivity contribution in [3.63, 3.8) is 0 Å². The molecule has 1 aromatic rings. The molecule has 0 unspecified atom stereocenters. The zero-order valence-electron chi connectivity index (χ0n) is 10.3. The number of aliphatic carboxylic acids is 1. The molecular weight excluding hydrogens is 240 g/mol. The molecule has 0 aliphatic heterocycles. The average molecular weight is 256 g/mol. The molecule has 1 amide bonds. The summed E-state index contributed by atoms with van der Waals surface area (Å²) in [5.74, 6) is -1.61. The Bertz CT molecular complexity index is 441. The molecule has 8 heteroatoms. The molecule has 0 saturated carbocycles. The van der Waals surface area contributed by atoms with Crippen molar-refractivity contribution < 1.29 is 19.8 Å². The number of hydrogen-bond acceptors (Lipinski definition) is 5. The van der Waals surface area contributed by atoms with Gasteiger partial charge in [0.2, 0.25) is 5.82 Å². The van der Waals surface area contributed by atoms with Crippen molar-refractivity contribution in [3.05, 3.63) is 11.6 Å². The fourth-order valence-corrected chi connectivity index (χ4v) is 1.23. The van der Waals surface area contributed by atoms with Gasteiger partial charge in [-0.25, -0.2) is 9.78 Å². The van der Waals surface area contributed by atoms with Crippen LogP contribution >= 0.6 is 0 Å². The standard InChI is InChI=1S/C10H16N4O4/c1-4(2)7-12-8(14-13-7)9(16)11-6(5(3)15)10(17)18/h4-6,15H,1-3H3,(H,11,16)(H,17,18)(H,12,13,14)/t5-,6+/m1/s1. The molecule has 18 heavy (non-hydrogen) atoms. The predicted octanol–water partition coefficient (Wildman–Crippen LogP) is -0.508. The van der Waals surface area contributed by atoms with E-state index in [9.17, 15) is 14.7 Å². The number of aliphatic hydroxyl groups is 1. The maximum Gasteiger partial charge on any atom is 0.328 e. The number of H-pyrrole nitrogens is 1. The number of nitrogens with one attached hydrogen (secondary N) is 2.